The highest BCUT2D eigenvalue weighted by molar-refractivity contribution is 7.98. The molecule has 0 bridgehead atoms. The van der Waals surface area contributed by atoms with Gasteiger partial charge in [-0.15, -0.1) is 0 Å². The van der Waals surface area contributed by atoms with Gasteiger partial charge in [0.05, 0.1) is 12.2 Å². The molecule has 0 spiro atoms. The van der Waals surface area contributed by atoms with Crippen molar-refractivity contribution in [2.24, 2.45) is 5.92 Å². The van der Waals surface area contributed by atoms with Crippen molar-refractivity contribution in [3.63, 3.8) is 0 Å². The predicted octanol–water partition coefficient (Wildman–Crippen LogP) is 3.42. The number of carbonyl (C=O) groups excluding carboxylic acids is 1. The second-order valence-electron chi connectivity index (χ2n) is 7.21. The Morgan fingerprint density at radius 3 is 2.96 bits per heavy atom. The number of nitrogens with one attached hydrogen (secondary N) is 1. The molecular formula is C20H30N2O2S. The van der Waals surface area contributed by atoms with Gasteiger partial charge in [0.15, 0.2) is 0 Å². The number of rotatable bonds is 9. The summed E-state index contributed by atoms with van der Waals surface area (Å²) in [6.45, 7) is 4.22. The number of hydrogen-bond donors (Lipinski definition) is 1. The highest BCUT2D eigenvalue weighted by atomic mass is 32.2. The standard InChI is InChI=1S/C20H30N2O2S/c1-25-13-5-12-22-11-4-6-16(14-22)15-24-19-8-3-2-7-18(19)20(23)21-17-9-10-17/h2-3,7-8,16-17H,4-6,9-15H2,1H3,(H,21,23). The van der Waals surface area contributed by atoms with E-state index in [1.165, 1.54) is 38.1 Å². The second-order valence-corrected chi connectivity index (χ2v) is 8.20. The zero-order valence-corrected chi connectivity index (χ0v) is 16.0. The third-order valence-corrected chi connectivity index (χ3v) is 5.64. The zero-order valence-electron chi connectivity index (χ0n) is 15.2. The fourth-order valence-corrected chi connectivity index (χ4v) is 3.82. The van der Waals surface area contributed by atoms with E-state index in [1.54, 1.807) is 0 Å². The quantitative estimate of drug-likeness (QED) is 0.684. The Kier molecular flexibility index (Phi) is 7.05. The maximum atomic E-state index is 12.4. The van der Waals surface area contributed by atoms with Gasteiger partial charge in [0.2, 0.25) is 0 Å². The van der Waals surface area contributed by atoms with E-state index in [0.29, 0.717) is 24.1 Å². The molecule has 0 aromatic heterocycles. The van der Waals surface area contributed by atoms with Crippen LogP contribution in [0.5, 0.6) is 5.75 Å². The molecule has 2 aliphatic rings. The van der Waals surface area contributed by atoms with Crippen LogP contribution in [-0.2, 0) is 0 Å². The topological polar surface area (TPSA) is 41.6 Å². The molecule has 138 valence electrons. The van der Waals surface area contributed by atoms with Crippen molar-refractivity contribution >= 4 is 17.7 Å². The Hall–Kier alpha value is -1.20. The Labute approximate surface area is 155 Å². The third kappa shape index (κ3) is 5.93. The molecule has 1 aliphatic carbocycles. The largest absolute Gasteiger partial charge is 0.492 e. The molecular weight excluding hydrogens is 332 g/mol. The van der Waals surface area contributed by atoms with E-state index in [0.717, 1.165) is 25.1 Å². The van der Waals surface area contributed by atoms with Crippen molar-refractivity contribution in [2.75, 3.05) is 38.2 Å². The van der Waals surface area contributed by atoms with Crippen LogP contribution in [0.4, 0.5) is 0 Å². The van der Waals surface area contributed by atoms with Gasteiger partial charge in [-0.25, -0.2) is 0 Å². The number of likely N-dealkylation sites (tertiary alicyclic amines) is 1. The van der Waals surface area contributed by atoms with Crippen molar-refractivity contribution in [1.82, 2.24) is 10.2 Å². The molecule has 1 amide bonds. The number of piperidine rings is 1. The SMILES string of the molecule is CSCCCN1CCCC(COc2ccccc2C(=O)NC2CC2)C1. The van der Waals surface area contributed by atoms with Crippen molar-refractivity contribution in [3.05, 3.63) is 29.8 Å². The summed E-state index contributed by atoms with van der Waals surface area (Å²) in [6.07, 6.45) is 8.10. The lowest BCUT2D eigenvalue weighted by molar-refractivity contribution is 0.0941. The molecule has 1 heterocycles. The maximum Gasteiger partial charge on any atom is 0.255 e. The van der Waals surface area contributed by atoms with Crippen LogP contribution in [0.15, 0.2) is 24.3 Å². The Balaban J connectivity index is 1.50. The van der Waals surface area contributed by atoms with Gasteiger partial charge in [-0.3, -0.25) is 4.79 Å². The summed E-state index contributed by atoms with van der Waals surface area (Å²) in [6, 6.07) is 8.00. The molecule has 3 rings (SSSR count). The van der Waals surface area contributed by atoms with Crippen LogP contribution in [0.2, 0.25) is 0 Å². The van der Waals surface area contributed by atoms with E-state index in [-0.39, 0.29) is 5.91 Å². The van der Waals surface area contributed by atoms with Gasteiger partial charge in [-0.2, -0.15) is 11.8 Å². The van der Waals surface area contributed by atoms with Crippen LogP contribution in [0, 0.1) is 5.92 Å². The number of benzene rings is 1. The lowest BCUT2D eigenvalue weighted by atomic mass is 9.99. The number of ether oxygens (including phenoxy) is 1. The van der Waals surface area contributed by atoms with Crippen molar-refractivity contribution < 1.29 is 9.53 Å². The lowest BCUT2D eigenvalue weighted by Gasteiger charge is -2.32. The van der Waals surface area contributed by atoms with E-state index in [2.05, 4.69) is 16.5 Å². The summed E-state index contributed by atoms with van der Waals surface area (Å²) in [5.74, 6) is 2.52. The normalized spacial score (nSPS) is 21.1. The predicted molar refractivity (Wildman–Crippen MR) is 105 cm³/mol. The minimum atomic E-state index is 0.000404. The van der Waals surface area contributed by atoms with Gasteiger partial charge < -0.3 is 15.0 Å². The van der Waals surface area contributed by atoms with Crippen molar-refractivity contribution in [1.29, 1.82) is 0 Å². The summed E-state index contributed by atoms with van der Waals surface area (Å²) in [5.41, 5.74) is 0.669. The molecule has 1 atom stereocenters. The first-order valence-electron chi connectivity index (χ1n) is 9.50. The first-order chi connectivity index (χ1) is 12.3. The second kappa shape index (κ2) is 9.48. The average Bonchev–Trinajstić information content (AvgIpc) is 3.45. The highest BCUT2D eigenvalue weighted by Gasteiger charge is 2.25. The summed E-state index contributed by atoms with van der Waals surface area (Å²) < 4.78 is 6.08. The molecule has 1 aromatic carbocycles. The molecule has 0 radical (unpaired) electrons. The molecule has 1 unspecified atom stereocenters. The van der Waals surface area contributed by atoms with Gasteiger partial charge in [-0.05, 0) is 69.3 Å². The van der Waals surface area contributed by atoms with Gasteiger partial charge >= 0.3 is 0 Å². The monoisotopic (exact) mass is 362 g/mol. The van der Waals surface area contributed by atoms with Crippen LogP contribution in [0.25, 0.3) is 0 Å². The van der Waals surface area contributed by atoms with Gasteiger partial charge in [0.25, 0.3) is 5.91 Å². The Bertz CT molecular complexity index is 562. The molecule has 5 heteroatoms. The minimum absolute atomic E-state index is 0.000404. The molecule has 2 fully saturated rings. The lowest BCUT2D eigenvalue weighted by Crippen LogP contribution is -2.38. The van der Waals surface area contributed by atoms with E-state index in [1.807, 2.05) is 36.0 Å². The van der Waals surface area contributed by atoms with E-state index in [9.17, 15) is 4.79 Å². The Morgan fingerprint density at radius 2 is 2.16 bits per heavy atom. The summed E-state index contributed by atoms with van der Waals surface area (Å²) in [4.78, 5) is 14.9. The van der Waals surface area contributed by atoms with E-state index in [4.69, 9.17) is 4.74 Å². The average molecular weight is 363 g/mol. The van der Waals surface area contributed by atoms with Gasteiger partial charge in [0, 0.05) is 18.5 Å². The highest BCUT2D eigenvalue weighted by Crippen LogP contribution is 2.24. The summed E-state index contributed by atoms with van der Waals surface area (Å²) >= 11 is 1.92. The number of thioether (sulfide) groups is 1. The van der Waals surface area contributed by atoms with E-state index < -0.39 is 0 Å². The molecule has 1 N–H and O–H groups in total. The van der Waals surface area contributed by atoms with Gasteiger partial charge in [0.1, 0.15) is 5.75 Å². The molecule has 1 aliphatic heterocycles. The molecule has 1 saturated heterocycles. The van der Waals surface area contributed by atoms with Crippen LogP contribution >= 0.6 is 11.8 Å². The van der Waals surface area contributed by atoms with E-state index >= 15 is 0 Å². The molecule has 1 aromatic rings. The van der Waals surface area contributed by atoms with Crippen molar-refractivity contribution in [2.45, 2.75) is 38.1 Å². The first-order valence-corrected chi connectivity index (χ1v) is 10.9. The number of amides is 1. The zero-order chi connectivity index (χ0) is 17.5. The maximum absolute atomic E-state index is 12.4. The fourth-order valence-electron chi connectivity index (χ4n) is 3.40. The van der Waals surface area contributed by atoms with Crippen molar-refractivity contribution in [3.8, 4) is 5.75 Å². The number of para-hydroxylation sites is 1. The van der Waals surface area contributed by atoms with Crippen LogP contribution in [0.1, 0.15) is 42.5 Å². The molecule has 4 nitrogen and oxygen atoms in total. The van der Waals surface area contributed by atoms with Crippen LogP contribution in [-0.4, -0.2) is 55.1 Å². The number of hydrogen-bond acceptors (Lipinski definition) is 4. The smallest absolute Gasteiger partial charge is 0.255 e. The van der Waals surface area contributed by atoms with Crippen LogP contribution in [0.3, 0.4) is 0 Å². The fraction of sp³-hybridized carbons (Fsp3) is 0.650. The van der Waals surface area contributed by atoms with Gasteiger partial charge in [-0.1, -0.05) is 12.1 Å². The summed E-state index contributed by atoms with van der Waals surface area (Å²) in [7, 11) is 0. The molecule has 1 saturated carbocycles. The minimum Gasteiger partial charge on any atom is -0.492 e. The summed E-state index contributed by atoms with van der Waals surface area (Å²) in [5, 5.41) is 3.06. The molecule has 25 heavy (non-hydrogen) atoms. The van der Waals surface area contributed by atoms with Crippen LogP contribution < -0.4 is 10.1 Å². The Morgan fingerprint density at radius 1 is 1.32 bits per heavy atom. The first kappa shape index (κ1) is 18.6. The number of nitrogens with zero attached hydrogens (tertiary/aromatic N) is 1. The number of carbonyl (C=O) groups is 1. The third-order valence-electron chi connectivity index (χ3n) is 4.94.